The Morgan fingerprint density at radius 1 is 1.38 bits per heavy atom. The summed E-state index contributed by atoms with van der Waals surface area (Å²) in [7, 11) is 0. The van der Waals surface area contributed by atoms with Gasteiger partial charge in [-0.25, -0.2) is 0 Å². The van der Waals surface area contributed by atoms with Crippen LogP contribution in [0.3, 0.4) is 0 Å². The standard InChI is InChI=1S/C20H30N2O2/c1-3-5-16(6-4-7-17-8-9-23-13-17)14-24-18-10-15(2)19-12-21-22-20(19)11-18/h10-12,16-17H,3-9,13-14H2,1-2H3,(H,21,22). The number of aromatic nitrogens is 2. The van der Waals surface area contributed by atoms with E-state index in [0.717, 1.165) is 37.0 Å². The van der Waals surface area contributed by atoms with Crippen LogP contribution in [0, 0.1) is 18.8 Å². The van der Waals surface area contributed by atoms with Gasteiger partial charge in [-0.15, -0.1) is 0 Å². The van der Waals surface area contributed by atoms with Crippen LogP contribution in [0.25, 0.3) is 10.9 Å². The van der Waals surface area contributed by atoms with E-state index in [1.165, 1.54) is 49.5 Å². The van der Waals surface area contributed by atoms with E-state index in [4.69, 9.17) is 9.47 Å². The highest BCUT2D eigenvalue weighted by Gasteiger charge is 2.16. The average molecular weight is 330 g/mol. The Balaban J connectivity index is 1.50. The fourth-order valence-corrected chi connectivity index (χ4v) is 3.72. The van der Waals surface area contributed by atoms with Crippen molar-refractivity contribution in [2.75, 3.05) is 19.8 Å². The van der Waals surface area contributed by atoms with Gasteiger partial charge in [0.05, 0.1) is 18.3 Å². The number of hydrogen-bond donors (Lipinski definition) is 1. The summed E-state index contributed by atoms with van der Waals surface area (Å²) >= 11 is 0. The lowest BCUT2D eigenvalue weighted by Crippen LogP contribution is -2.13. The minimum Gasteiger partial charge on any atom is -0.493 e. The van der Waals surface area contributed by atoms with Crippen molar-refractivity contribution in [1.82, 2.24) is 10.2 Å². The lowest BCUT2D eigenvalue weighted by molar-refractivity contribution is 0.181. The van der Waals surface area contributed by atoms with Crippen LogP contribution in [0.2, 0.25) is 0 Å². The van der Waals surface area contributed by atoms with Crippen LogP contribution in [0.15, 0.2) is 18.3 Å². The first kappa shape index (κ1) is 17.3. The fourth-order valence-electron chi connectivity index (χ4n) is 3.72. The van der Waals surface area contributed by atoms with Crippen LogP contribution in [0.5, 0.6) is 5.75 Å². The normalized spacial score (nSPS) is 19.0. The zero-order valence-corrected chi connectivity index (χ0v) is 15.0. The van der Waals surface area contributed by atoms with Gasteiger partial charge in [0.1, 0.15) is 5.75 Å². The number of benzene rings is 1. The van der Waals surface area contributed by atoms with Crippen LogP contribution in [0.4, 0.5) is 0 Å². The number of nitrogens with one attached hydrogen (secondary N) is 1. The summed E-state index contributed by atoms with van der Waals surface area (Å²) in [6, 6.07) is 4.19. The van der Waals surface area contributed by atoms with E-state index in [-0.39, 0.29) is 0 Å². The second-order valence-corrected chi connectivity index (χ2v) is 7.20. The van der Waals surface area contributed by atoms with Crippen LogP contribution >= 0.6 is 0 Å². The number of rotatable bonds is 9. The molecule has 2 atom stereocenters. The molecule has 0 amide bonds. The number of nitrogens with zero attached hydrogens (tertiary/aromatic N) is 1. The lowest BCUT2D eigenvalue weighted by Gasteiger charge is -2.18. The Kier molecular flexibility index (Phi) is 6.13. The summed E-state index contributed by atoms with van der Waals surface area (Å²) < 4.78 is 11.6. The molecule has 1 aliphatic heterocycles. The molecule has 4 nitrogen and oxygen atoms in total. The molecule has 0 radical (unpaired) electrons. The summed E-state index contributed by atoms with van der Waals surface area (Å²) in [6.45, 7) is 7.12. The molecule has 3 rings (SSSR count). The molecular weight excluding hydrogens is 300 g/mol. The number of H-pyrrole nitrogens is 1. The predicted molar refractivity (Wildman–Crippen MR) is 97.5 cm³/mol. The molecular formula is C20H30N2O2. The third kappa shape index (κ3) is 4.50. The second-order valence-electron chi connectivity index (χ2n) is 7.20. The summed E-state index contributed by atoms with van der Waals surface area (Å²) in [5, 5.41) is 8.33. The number of hydrogen-bond acceptors (Lipinski definition) is 3. The molecule has 1 aromatic heterocycles. The molecule has 0 saturated carbocycles. The van der Waals surface area contributed by atoms with Gasteiger partial charge in [-0.1, -0.05) is 19.8 Å². The fraction of sp³-hybridized carbons (Fsp3) is 0.650. The lowest BCUT2D eigenvalue weighted by atomic mass is 9.94. The van der Waals surface area contributed by atoms with E-state index in [2.05, 4.69) is 36.2 Å². The molecule has 1 fully saturated rings. The summed E-state index contributed by atoms with van der Waals surface area (Å²) in [4.78, 5) is 0. The Morgan fingerprint density at radius 3 is 3.08 bits per heavy atom. The summed E-state index contributed by atoms with van der Waals surface area (Å²) in [5.41, 5.74) is 2.27. The van der Waals surface area contributed by atoms with Crippen LogP contribution in [-0.4, -0.2) is 30.0 Å². The van der Waals surface area contributed by atoms with E-state index in [0.29, 0.717) is 5.92 Å². The molecule has 4 heteroatoms. The quantitative estimate of drug-likeness (QED) is 0.713. The maximum absolute atomic E-state index is 6.13. The van der Waals surface area contributed by atoms with Crippen molar-refractivity contribution in [3.8, 4) is 5.75 Å². The smallest absolute Gasteiger partial charge is 0.121 e. The topological polar surface area (TPSA) is 47.1 Å². The molecule has 2 unspecified atom stereocenters. The molecule has 2 aromatic rings. The van der Waals surface area contributed by atoms with Crippen molar-refractivity contribution < 1.29 is 9.47 Å². The molecule has 1 saturated heterocycles. The monoisotopic (exact) mass is 330 g/mol. The molecule has 0 bridgehead atoms. The molecule has 24 heavy (non-hydrogen) atoms. The van der Waals surface area contributed by atoms with Gasteiger partial charge in [-0.2, -0.15) is 5.10 Å². The zero-order chi connectivity index (χ0) is 16.8. The highest BCUT2D eigenvalue weighted by molar-refractivity contribution is 5.82. The Bertz CT molecular complexity index is 632. The first-order valence-electron chi connectivity index (χ1n) is 9.40. The number of aryl methyl sites for hydroxylation is 1. The van der Waals surface area contributed by atoms with E-state index >= 15 is 0 Å². The summed E-state index contributed by atoms with van der Waals surface area (Å²) in [5.74, 6) is 2.39. The maximum atomic E-state index is 6.13. The van der Waals surface area contributed by atoms with Crippen molar-refractivity contribution in [2.45, 2.75) is 52.4 Å². The molecule has 1 N–H and O–H groups in total. The highest BCUT2D eigenvalue weighted by atomic mass is 16.5. The van der Waals surface area contributed by atoms with Gasteiger partial charge in [0.25, 0.3) is 0 Å². The SMILES string of the molecule is CCCC(CCCC1CCOC1)COc1cc(C)c2cn[nH]c2c1. The van der Waals surface area contributed by atoms with E-state index in [1.807, 2.05) is 6.20 Å². The Labute approximate surface area is 144 Å². The number of ether oxygens (including phenoxy) is 2. The number of fused-ring (bicyclic) bond motifs is 1. The van der Waals surface area contributed by atoms with Gasteiger partial charge >= 0.3 is 0 Å². The van der Waals surface area contributed by atoms with Crippen molar-refractivity contribution >= 4 is 10.9 Å². The second kappa shape index (κ2) is 8.52. The largest absolute Gasteiger partial charge is 0.493 e. The van der Waals surface area contributed by atoms with Crippen LogP contribution in [0.1, 0.15) is 51.0 Å². The minimum atomic E-state index is 0.648. The molecule has 1 aliphatic rings. The number of aromatic amines is 1. The highest BCUT2D eigenvalue weighted by Crippen LogP contribution is 2.26. The Morgan fingerprint density at radius 2 is 2.29 bits per heavy atom. The van der Waals surface area contributed by atoms with Gasteiger partial charge in [-0.3, -0.25) is 5.10 Å². The first-order chi connectivity index (χ1) is 11.8. The minimum absolute atomic E-state index is 0.648. The third-order valence-electron chi connectivity index (χ3n) is 5.17. The molecule has 2 heterocycles. The van der Waals surface area contributed by atoms with E-state index < -0.39 is 0 Å². The third-order valence-corrected chi connectivity index (χ3v) is 5.17. The van der Waals surface area contributed by atoms with E-state index in [1.54, 1.807) is 0 Å². The predicted octanol–water partition coefficient (Wildman–Crippen LogP) is 4.87. The van der Waals surface area contributed by atoms with Gasteiger partial charge in [0, 0.05) is 24.7 Å². The van der Waals surface area contributed by atoms with Crippen LogP contribution < -0.4 is 4.74 Å². The van der Waals surface area contributed by atoms with E-state index in [9.17, 15) is 0 Å². The Hall–Kier alpha value is -1.55. The van der Waals surface area contributed by atoms with Crippen molar-refractivity contribution in [3.63, 3.8) is 0 Å². The molecule has 1 aromatic carbocycles. The van der Waals surface area contributed by atoms with Gasteiger partial charge < -0.3 is 9.47 Å². The van der Waals surface area contributed by atoms with Crippen molar-refractivity contribution in [3.05, 3.63) is 23.9 Å². The van der Waals surface area contributed by atoms with Gasteiger partial charge in [0.2, 0.25) is 0 Å². The van der Waals surface area contributed by atoms with Crippen molar-refractivity contribution in [1.29, 1.82) is 0 Å². The maximum Gasteiger partial charge on any atom is 0.121 e. The first-order valence-corrected chi connectivity index (χ1v) is 9.40. The molecule has 0 aliphatic carbocycles. The van der Waals surface area contributed by atoms with Crippen LogP contribution in [-0.2, 0) is 4.74 Å². The molecule has 132 valence electrons. The van der Waals surface area contributed by atoms with Gasteiger partial charge in [-0.05, 0) is 56.1 Å². The zero-order valence-electron chi connectivity index (χ0n) is 15.0. The molecule has 0 spiro atoms. The average Bonchev–Trinajstić information content (AvgIpc) is 3.24. The van der Waals surface area contributed by atoms with Crippen molar-refractivity contribution in [2.24, 2.45) is 11.8 Å². The summed E-state index contributed by atoms with van der Waals surface area (Å²) in [6.07, 6.45) is 9.45. The van der Waals surface area contributed by atoms with Gasteiger partial charge in [0.15, 0.2) is 0 Å².